The zero-order chi connectivity index (χ0) is 10.1. The van der Waals surface area contributed by atoms with Crippen LogP contribution >= 0.6 is 0 Å². The second kappa shape index (κ2) is 3.50. The molecule has 1 aromatic rings. The zero-order valence-electron chi connectivity index (χ0n) is 8.91. The minimum atomic E-state index is 0.174. The summed E-state index contributed by atoms with van der Waals surface area (Å²) in [6.45, 7) is 7.23. The molecule has 1 unspecified atom stereocenters. The van der Waals surface area contributed by atoms with Crippen LogP contribution in [0.1, 0.15) is 32.5 Å². The number of rotatable bonds is 2. The molecule has 0 saturated heterocycles. The van der Waals surface area contributed by atoms with Crippen LogP contribution in [-0.4, -0.2) is 16.1 Å². The van der Waals surface area contributed by atoms with Gasteiger partial charge in [0.15, 0.2) is 0 Å². The first-order valence-electron chi connectivity index (χ1n) is 4.64. The lowest BCUT2D eigenvalue weighted by atomic mass is 9.80. The highest BCUT2D eigenvalue weighted by molar-refractivity contribution is 5.04. The van der Waals surface area contributed by atoms with Gasteiger partial charge in [0.2, 0.25) is 0 Å². The van der Waals surface area contributed by atoms with E-state index in [0.29, 0.717) is 12.5 Å². The summed E-state index contributed by atoms with van der Waals surface area (Å²) in [4.78, 5) is 4.34. The molecule has 0 amide bonds. The molecule has 0 bridgehead atoms. The first-order valence-corrected chi connectivity index (χ1v) is 4.64. The van der Waals surface area contributed by atoms with Crippen molar-refractivity contribution in [1.82, 2.24) is 9.55 Å². The maximum absolute atomic E-state index is 5.77. The average molecular weight is 181 g/mol. The first kappa shape index (κ1) is 10.3. The fraction of sp³-hybridized carbons (Fsp3) is 0.700. The van der Waals surface area contributed by atoms with Crippen molar-refractivity contribution in [2.24, 2.45) is 18.2 Å². The SMILES string of the molecule is Cn1ccnc1C(CN)C(C)(C)C. The lowest BCUT2D eigenvalue weighted by Crippen LogP contribution is -2.28. The Morgan fingerprint density at radius 2 is 2.15 bits per heavy atom. The molecule has 3 heteroatoms. The fourth-order valence-corrected chi connectivity index (χ4v) is 1.56. The molecule has 0 saturated carbocycles. The third kappa shape index (κ3) is 2.10. The first-order chi connectivity index (χ1) is 5.96. The van der Waals surface area contributed by atoms with E-state index in [9.17, 15) is 0 Å². The number of aromatic nitrogens is 2. The minimum Gasteiger partial charge on any atom is -0.338 e. The Bertz CT molecular complexity index is 270. The van der Waals surface area contributed by atoms with E-state index in [1.165, 1.54) is 0 Å². The summed E-state index contributed by atoms with van der Waals surface area (Å²) < 4.78 is 2.04. The standard InChI is InChI=1S/C10H19N3/c1-10(2,3)8(7-11)9-12-5-6-13(9)4/h5-6,8H,7,11H2,1-4H3. The number of aryl methyl sites for hydroxylation is 1. The summed E-state index contributed by atoms with van der Waals surface area (Å²) in [6, 6.07) is 0. The normalized spacial score (nSPS) is 14.5. The summed E-state index contributed by atoms with van der Waals surface area (Å²) in [7, 11) is 2.01. The van der Waals surface area contributed by atoms with Gasteiger partial charge < -0.3 is 10.3 Å². The lowest BCUT2D eigenvalue weighted by Gasteiger charge is -2.28. The molecule has 2 N–H and O–H groups in total. The average Bonchev–Trinajstić information content (AvgIpc) is 2.35. The third-order valence-electron chi connectivity index (χ3n) is 2.45. The van der Waals surface area contributed by atoms with Crippen LogP contribution < -0.4 is 5.73 Å². The number of hydrogen-bond donors (Lipinski definition) is 1. The Morgan fingerprint density at radius 1 is 1.54 bits per heavy atom. The van der Waals surface area contributed by atoms with E-state index in [0.717, 1.165) is 5.82 Å². The minimum absolute atomic E-state index is 0.174. The Kier molecular flexibility index (Phi) is 2.76. The smallest absolute Gasteiger partial charge is 0.113 e. The van der Waals surface area contributed by atoms with E-state index in [1.807, 2.05) is 24.0 Å². The van der Waals surface area contributed by atoms with Crippen molar-refractivity contribution in [1.29, 1.82) is 0 Å². The maximum atomic E-state index is 5.77. The molecule has 1 heterocycles. The predicted octanol–water partition coefficient (Wildman–Crippen LogP) is 1.51. The van der Waals surface area contributed by atoms with Crippen molar-refractivity contribution in [2.75, 3.05) is 6.54 Å². The number of hydrogen-bond acceptors (Lipinski definition) is 2. The van der Waals surface area contributed by atoms with Gasteiger partial charge in [-0.3, -0.25) is 0 Å². The van der Waals surface area contributed by atoms with E-state index in [2.05, 4.69) is 25.8 Å². The van der Waals surface area contributed by atoms with Gasteiger partial charge in [0, 0.05) is 31.9 Å². The highest BCUT2D eigenvalue weighted by atomic mass is 15.0. The summed E-state index contributed by atoms with van der Waals surface area (Å²) in [5.74, 6) is 1.41. The Morgan fingerprint density at radius 3 is 2.46 bits per heavy atom. The molecule has 0 radical (unpaired) electrons. The predicted molar refractivity (Wildman–Crippen MR) is 54.5 cm³/mol. The van der Waals surface area contributed by atoms with Gasteiger partial charge >= 0.3 is 0 Å². The lowest BCUT2D eigenvalue weighted by molar-refractivity contribution is 0.309. The van der Waals surface area contributed by atoms with Gasteiger partial charge in [-0.25, -0.2) is 4.98 Å². The monoisotopic (exact) mass is 181 g/mol. The van der Waals surface area contributed by atoms with Gasteiger partial charge in [-0.05, 0) is 5.41 Å². The molecule has 3 nitrogen and oxygen atoms in total. The summed E-state index contributed by atoms with van der Waals surface area (Å²) in [5.41, 5.74) is 5.94. The molecule has 13 heavy (non-hydrogen) atoms. The Labute approximate surface area is 80.0 Å². The van der Waals surface area contributed by atoms with E-state index >= 15 is 0 Å². The van der Waals surface area contributed by atoms with Crippen LogP contribution in [0, 0.1) is 5.41 Å². The summed E-state index contributed by atoms with van der Waals surface area (Å²) in [6.07, 6.45) is 3.79. The van der Waals surface area contributed by atoms with Crippen LogP contribution in [0.5, 0.6) is 0 Å². The van der Waals surface area contributed by atoms with Crippen LogP contribution in [-0.2, 0) is 7.05 Å². The molecular weight excluding hydrogens is 162 g/mol. The van der Waals surface area contributed by atoms with Crippen molar-refractivity contribution in [2.45, 2.75) is 26.7 Å². The van der Waals surface area contributed by atoms with E-state index in [-0.39, 0.29) is 5.41 Å². The van der Waals surface area contributed by atoms with Gasteiger partial charge in [0.05, 0.1) is 0 Å². The molecular formula is C10H19N3. The Hall–Kier alpha value is -0.830. The number of nitrogens with two attached hydrogens (primary N) is 1. The quantitative estimate of drug-likeness (QED) is 0.751. The highest BCUT2D eigenvalue weighted by Crippen LogP contribution is 2.32. The molecule has 0 aliphatic heterocycles. The molecule has 1 aromatic heterocycles. The van der Waals surface area contributed by atoms with Crippen LogP contribution in [0.3, 0.4) is 0 Å². The molecule has 0 aliphatic rings. The van der Waals surface area contributed by atoms with E-state index < -0.39 is 0 Å². The second-order valence-electron chi connectivity index (χ2n) is 4.55. The summed E-state index contributed by atoms with van der Waals surface area (Å²) >= 11 is 0. The largest absolute Gasteiger partial charge is 0.338 e. The highest BCUT2D eigenvalue weighted by Gasteiger charge is 2.27. The van der Waals surface area contributed by atoms with Gasteiger partial charge in [-0.1, -0.05) is 20.8 Å². The van der Waals surface area contributed by atoms with Gasteiger partial charge in [-0.15, -0.1) is 0 Å². The third-order valence-corrected chi connectivity index (χ3v) is 2.45. The number of imidazole rings is 1. The van der Waals surface area contributed by atoms with Crippen LogP contribution in [0.2, 0.25) is 0 Å². The zero-order valence-corrected chi connectivity index (χ0v) is 8.91. The molecule has 0 aliphatic carbocycles. The molecule has 0 spiro atoms. The van der Waals surface area contributed by atoms with Gasteiger partial charge in [0.25, 0.3) is 0 Å². The van der Waals surface area contributed by atoms with Crippen molar-refractivity contribution in [3.8, 4) is 0 Å². The van der Waals surface area contributed by atoms with Gasteiger partial charge in [0.1, 0.15) is 5.82 Å². The second-order valence-corrected chi connectivity index (χ2v) is 4.55. The molecule has 0 aromatic carbocycles. The Balaban J connectivity index is 2.98. The summed E-state index contributed by atoms with van der Waals surface area (Å²) in [5, 5.41) is 0. The van der Waals surface area contributed by atoms with Crippen LogP contribution in [0.25, 0.3) is 0 Å². The van der Waals surface area contributed by atoms with Crippen molar-refractivity contribution >= 4 is 0 Å². The van der Waals surface area contributed by atoms with Gasteiger partial charge in [-0.2, -0.15) is 0 Å². The van der Waals surface area contributed by atoms with Crippen molar-refractivity contribution < 1.29 is 0 Å². The fourth-order valence-electron chi connectivity index (χ4n) is 1.56. The molecule has 74 valence electrons. The topological polar surface area (TPSA) is 43.8 Å². The van der Waals surface area contributed by atoms with Crippen LogP contribution in [0.4, 0.5) is 0 Å². The van der Waals surface area contributed by atoms with E-state index in [1.54, 1.807) is 0 Å². The maximum Gasteiger partial charge on any atom is 0.113 e. The van der Waals surface area contributed by atoms with Crippen molar-refractivity contribution in [3.63, 3.8) is 0 Å². The van der Waals surface area contributed by atoms with Crippen LogP contribution in [0.15, 0.2) is 12.4 Å². The molecule has 1 atom stereocenters. The van der Waals surface area contributed by atoms with E-state index in [4.69, 9.17) is 5.73 Å². The molecule has 0 fully saturated rings. The molecule has 1 rings (SSSR count). The number of nitrogens with zero attached hydrogens (tertiary/aromatic N) is 2. The van der Waals surface area contributed by atoms with Crippen molar-refractivity contribution in [3.05, 3.63) is 18.2 Å².